The third-order valence-electron chi connectivity index (χ3n) is 4.03. The van der Waals surface area contributed by atoms with E-state index >= 15 is 0 Å². The van der Waals surface area contributed by atoms with Crippen LogP contribution in [0.1, 0.15) is 33.8 Å². The zero-order valence-corrected chi connectivity index (χ0v) is 14.5. The number of hydrogen-bond donors (Lipinski definition) is 1. The number of nitrogens with two attached hydrogens (primary N) is 1. The molecule has 1 amide bonds. The first-order valence-corrected chi connectivity index (χ1v) is 8.11. The van der Waals surface area contributed by atoms with E-state index in [1.165, 1.54) is 6.07 Å². The van der Waals surface area contributed by atoms with Gasteiger partial charge in [-0.2, -0.15) is 13.2 Å². The molecule has 0 saturated carbocycles. The molecule has 1 atom stereocenters. The van der Waals surface area contributed by atoms with Crippen LogP contribution in [0.3, 0.4) is 0 Å². The smallest absolute Gasteiger partial charge is 0.336 e. The number of fused-ring (bicyclic) bond motifs is 1. The molecule has 0 aliphatic carbocycles. The summed E-state index contributed by atoms with van der Waals surface area (Å²) in [7, 11) is 0. The molecule has 0 spiro atoms. The van der Waals surface area contributed by atoms with Gasteiger partial charge in [0.25, 0.3) is 5.91 Å². The van der Waals surface area contributed by atoms with Gasteiger partial charge in [0, 0.05) is 24.5 Å². The summed E-state index contributed by atoms with van der Waals surface area (Å²) in [6, 6.07) is 2.29. The summed E-state index contributed by atoms with van der Waals surface area (Å²) in [6.45, 7) is 2.85. The van der Waals surface area contributed by atoms with Crippen LogP contribution in [-0.4, -0.2) is 34.9 Å². The van der Waals surface area contributed by atoms with Gasteiger partial charge in [0.05, 0.1) is 4.88 Å². The van der Waals surface area contributed by atoms with Crippen molar-refractivity contribution in [3.8, 4) is 0 Å². The van der Waals surface area contributed by atoms with E-state index in [0.717, 1.165) is 30.2 Å². The van der Waals surface area contributed by atoms with Crippen molar-refractivity contribution in [1.82, 2.24) is 9.88 Å². The van der Waals surface area contributed by atoms with Crippen LogP contribution >= 0.6 is 23.7 Å². The molecule has 2 N–H and O–H groups in total. The number of aromatic nitrogens is 1. The molecule has 1 aliphatic heterocycles. The Morgan fingerprint density at radius 3 is 2.75 bits per heavy atom. The zero-order chi connectivity index (χ0) is 16.8. The Labute approximate surface area is 147 Å². The van der Waals surface area contributed by atoms with Crippen molar-refractivity contribution in [3.05, 3.63) is 28.3 Å². The lowest BCUT2D eigenvalue weighted by atomic mass is 10.1. The van der Waals surface area contributed by atoms with Crippen LogP contribution in [0, 0.1) is 6.92 Å². The molecular weight excluding hydrogens is 363 g/mol. The van der Waals surface area contributed by atoms with Crippen LogP contribution < -0.4 is 5.73 Å². The van der Waals surface area contributed by atoms with E-state index in [-0.39, 0.29) is 29.2 Å². The fourth-order valence-electron chi connectivity index (χ4n) is 2.80. The van der Waals surface area contributed by atoms with E-state index < -0.39 is 11.9 Å². The van der Waals surface area contributed by atoms with Crippen molar-refractivity contribution < 1.29 is 18.0 Å². The SMILES string of the molecule is Cc1c(C(=O)N2CCCC(N)C2)sc2nc(C(F)(F)F)ccc12.Cl. The molecule has 0 aromatic carbocycles. The Bertz CT molecular complexity index is 762. The second kappa shape index (κ2) is 6.85. The van der Waals surface area contributed by atoms with Gasteiger partial charge < -0.3 is 10.6 Å². The van der Waals surface area contributed by atoms with Crippen LogP contribution in [0.15, 0.2) is 12.1 Å². The number of thiophene rings is 1. The summed E-state index contributed by atoms with van der Waals surface area (Å²) in [5, 5.41) is 0.590. The van der Waals surface area contributed by atoms with Gasteiger partial charge in [0.1, 0.15) is 10.5 Å². The normalized spacial score (nSPS) is 18.5. The number of pyridine rings is 1. The lowest BCUT2D eigenvalue weighted by molar-refractivity contribution is -0.140. The van der Waals surface area contributed by atoms with E-state index in [1.54, 1.807) is 11.8 Å². The predicted octanol–water partition coefficient (Wildman–Crippen LogP) is 3.61. The summed E-state index contributed by atoms with van der Waals surface area (Å²) < 4.78 is 38.3. The first kappa shape index (κ1) is 19.0. The maximum Gasteiger partial charge on any atom is 0.433 e. The monoisotopic (exact) mass is 379 g/mol. The van der Waals surface area contributed by atoms with Crippen LogP contribution in [0.2, 0.25) is 0 Å². The molecule has 4 nitrogen and oxygen atoms in total. The standard InChI is InChI=1S/C15H16F3N3OS.ClH/c1-8-10-4-5-11(15(16,17)18)20-13(10)23-12(8)14(22)21-6-2-3-9(19)7-21;/h4-5,9H,2-3,6-7,19H2,1H3;1H. The second-order valence-corrected chi connectivity index (χ2v) is 6.76. The van der Waals surface area contributed by atoms with Crippen LogP contribution in [0.4, 0.5) is 13.2 Å². The molecule has 1 aliphatic rings. The Kier molecular flexibility index (Phi) is 5.41. The highest BCUT2D eigenvalue weighted by molar-refractivity contribution is 7.20. The average Bonchev–Trinajstić information content (AvgIpc) is 2.82. The summed E-state index contributed by atoms with van der Waals surface area (Å²) in [5.41, 5.74) is 5.63. The van der Waals surface area contributed by atoms with Gasteiger partial charge in [-0.25, -0.2) is 4.98 Å². The molecule has 1 unspecified atom stereocenters. The van der Waals surface area contributed by atoms with Crippen molar-refractivity contribution >= 4 is 39.9 Å². The summed E-state index contributed by atoms with van der Waals surface area (Å²) in [6.07, 6.45) is -2.77. The van der Waals surface area contributed by atoms with Gasteiger partial charge >= 0.3 is 6.18 Å². The molecule has 9 heteroatoms. The van der Waals surface area contributed by atoms with Crippen LogP contribution in [-0.2, 0) is 6.18 Å². The molecule has 3 heterocycles. The van der Waals surface area contributed by atoms with E-state index in [4.69, 9.17) is 5.73 Å². The minimum atomic E-state index is -4.49. The number of carbonyl (C=O) groups excluding carboxylic acids is 1. The number of hydrogen-bond acceptors (Lipinski definition) is 4. The molecule has 1 fully saturated rings. The van der Waals surface area contributed by atoms with Crippen molar-refractivity contribution in [2.75, 3.05) is 13.1 Å². The quantitative estimate of drug-likeness (QED) is 0.823. The molecule has 24 heavy (non-hydrogen) atoms. The molecule has 1 saturated heterocycles. The Morgan fingerprint density at radius 1 is 1.42 bits per heavy atom. The number of carbonyl (C=O) groups is 1. The number of rotatable bonds is 1. The Hall–Kier alpha value is -1.38. The topological polar surface area (TPSA) is 59.2 Å². The van der Waals surface area contributed by atoms with Gasteiger partial charge in [-0.3, -0.25) is 4.79 Å². The molecule has 0 bridgehead atoms. The number of piperidine rings is 1. The van der Waals surface area contributed by atoms with Crippen molar-refractivity contribution in [3.63, 3.8) is 0 Å². The highest BCUT2D eigenvalue weighted by Crippen LogP contribution is 2.34. The lowest BCUT2D eigenvalue weighted by Crippen LogP contribution is -2.45. The van der Waals surface area contributed by atoms with Crippen LogP contribution in [0.25, 0.3) is 10.2 Å². The summed E-state index contributed by atoms with van der Waals surface area (Å²) >= 11 is 1.01. The molecule has 2 aromatic rings. The lowest BCUT2D eigenvalue weighted by Gasteiger charge is -2.30. The van der Waals surface area contributed by atoms with Gasteiger partial charge in [-0.05, 0) is 37.5 Å². The number of alkyl halides is 3. The maximum atomic E-state index is 12.8. The third-order valence-corrected chi connectivity index (χ3v) is 5.22. The Balaban J connectivity index is 0.00000208. The van der Waals surface area contributed by atoms with Gasteiger partial charge in [-0.15, -0.1) is 23.7 Å². The summed E-state index contributed by atoms with van der Waals surface area (Å²) in [5.74, 6) is -0.172. The van der Waals surface area contributed by atoms with E-state index in [1.807, 2.05) is 0 Å². The van der Waals surface area contributed by atoms with E-state index in [0.29, 0.717) is 28.9 Å². The fraction of sp³-hybridized carbons (Fsp3) is 0.467. The zero-order valence-electron chi connectivity index (χ0n) is 12.9. The first-order valence-electron chi connectivity index (χ1n) is 7.29. The number of halogens is 4. The average molecular weight is 380 g/mol. The van der Waals surface area contributed by atoms with E-state index in [2.05, 4.69) is 4.98 Å². The third kappa shape index (κ3) is 3.50. The predicted molar refractivity (Wildman–Crippen MR) is 89.7 cm³/mol. The molecule has 2 aromatic heterocycles. The van der Waals surface area contributed by atoms with E-state index in [9.17, 15) is 18.0 Å². The minimum absolute atomic E-state index is 0. The summed E-state index contributed by atoms with van der Waals surface area (Å²) in [4.78, 5) is 18.7. The van der Waals surface area contributed by atoms with Crippen LogP contribution in [0.5, 0.6) is 0 Å². The van der Waals surface area contributed by atoms with Crippen molar-refractivity contribution in [2.24, 2.45) is 5.73 Å². The number of amides is 1. The maximum absolute atomic E-state index is 12.8. The number of nitrogens with zero attached hydrogens (tertiary/aromatic N) is 2. The molecule has 0 radical (unpaired) electrons. The van der Waals surface area contributed by atoms with Crippen molar-refractivity contribution in [1.29, 1.82) is 0 Å². The Morgan fingerprint density at radius 2 is 2.12 bits per heavy atom. The number of aryl methyl sites for hydroxylation is 1. The second-order valence-electron chi connectivity index (χ2n) is 5.76. The van der Waals surface area contributed by atoms with Gasteiger partial charge in [0.2, 0.25) is 0 Å². The molecule has 132 valence electrons. The molecule has 3 rings (SSSR count). The van der Waals surface area contributed by atoms with Crippen molar-refractivity contribution in [2.45, 2.75) is 32.0 Å². The highest BCUT2D eigenvalue weighted by Gasteiger charge is 2.33. The fourth-order valence-corrected chi connectivity index (χ4v) is 3.95. The first-order chi connectivity index (χ1) is 10.8. The highest BCUT2D eigenvalue weighted by atomic mass is 35.5. The van der Waals surface area contributed by atoms with Gasteiger partial charge in [0.15, 0.2) is 0 Å². The number of likely N-dealkylation sites (tertiary alicyclic amines) is 1. The molecular formula is C15H17ClF3N3OS. The minimum Gasteiger partial charge on any atom is -0.336 e. The largest absolute Gasteiger partial charge is 0.433 e. The van der Waals surface area contributed by atoms with Gasteiger partial charge in [-0.1, -0.05) is 0 Å².